The number of carbonyl (C=O) groups is 2. The molecule has 2 N–H and O–H groups in total. The highest BCUT2D eigenvalue weighted by Crippen LogP contribution is 2.22. The van der Waals surface area contributed by atoms with Crippen molar-refractivity contribution in [3.63, 3.8) is 0 Å². The van der Waals surface area contributed by atoms with E-state index < -0.39 is 0 Å². The highest BCUT2D eigenvalue weighted by atomic mass is 32.2. The van der Waals surface area contributed by atoms with Gasteiger partial charge in [-0.05, 0) is 42.5 Å². The number of hydrogen-bond donors (Lipinski definition) is 2. The lowest BCUT2D eigenvalue weighted by Crippen LogP contribution is -2.14. The first-order valence-electron chi connectivity index (χ1n) is 7.97. The van der Waals surface area contributed by atoms with E-state index in [0.29, 0.717) is 16.5 Å². The van der Waals surface area contributed by atoms with Gasteiger partial charge in [0.1, 0.15) is 12.1 Å². The van der Waals surface area contributed by atoms with Gasteiger partial charge in [-0.1, -0.05) is 17.8 Å². The second-order valence-electron chi connectivity index (χ2n) is 5.56. The molecule has 138 valence electrons. The van der Waals surface area contributed by atoms with Crippen molar-refractivity contribution < 1.29 is 14.0 Å². The van der Waals surface area contributed by atoms with Gasteiger partial charge in [0.2, 0.25) is 11.8 Å². The Bertz CT molecular complexity index is 958. The number of aromatic nitrogens is 3. The quantitative estimate of drug-likeness (QED) is 0.637. The van der Waals surface area contributed by atoms with Crippen LogP contribution in [-0.2, 0) is 9.59 Å². The summed E-state index contributed by atoms with van der Waals surface area (Å²) in [6.07, 6.45) is 1.53. The summed E-state index contributed by atoms with van der Waals surface area (Å²) in [5.74, 6) is -0.658. The molecule has 1 heterocycles. The molecule has 0 fully saturated rings. The molecule has 0 aliphatic rings. The molecule has 9 heteroatoms. The summed E-state index contributed by atoms with van der Waals surface area (Å²) in [5.41, 5.74) is 1.93. The summed E-state index contributed by atoms with van der Waals surface area (Å²) < 4.78 is 14.6. The number of amides is 2. The minimum atomic E-state index is -0.364. The zero-order valence-electron chi connectivity index (χ0n) is 14.3. The summed E-state index contributed by atoms with van der Waals surface area (Å²) in [6.45, 7) is 1.44. The lowest BCUT2D eigenvalue weighted by molar-refractivity contribution is -0.114. The lowest BCUT2D eigenvalue weighted by atomic mass is 10.2. The van der Waals surface area contributed by atoms with E-state index in [1.807, 2.05) is 6.07 Å². The van der Waals surface area contributed by atoms with Gasteiger partial charge in [0, 0.05) is 18.3 Å². The lowest BCUT2D eigenvalue weighted by Gasteiger charge is -2.09. The Morgan fingerprint density at radius 1 is 1.11 bits per heavy atom. The molecule has 3 aromatic rings. The number of nitrogens with one attached hydrogen (secondary N) is 2. The standard InChI is InChI=1S/C18H16FN5O2S/c1-12(25)21-15-3-2-4-16(9-15)24-11-20-23-18(24)27-10-17(26)22-14-7-5-13(19)6-8-14/h2-9,11H,10H2,1H3,(H,21,25)(H,22,26). The van der Waals surface area contributed by atoms with E-state index in [1.54, 1.807) is 22.8 Å². The van der Waals surface area contributed by atoms with Gasteiger partial charge in [-0.15, -0.1) is 10.2 Å². The van der Waals surface area contributed by atoms with Gasteiger partial charge in [0.25, 0.3) is 0 Å². The fourth-order valence-electron chi connectivity index (χ4n) is 2.30. The molecule has 1 aromatic heterocycles. The van der Waals surface area contributed by atoms with Crippen LogP contribution in [0.2, 0.25) is 0 Å². The zero-order valence-corrected chi connectivity index (χ0v) is 15.2. The van der Waals surface area contributed by atoms with Crippen molar-refractivity contribution in [3.05, 3.63) is 60.7 Å². The molecule has 7 nitrogen and oxygen atoms in total. The maximum atomic E-state index is 12.9. The molecule has 0 aliphatic carbocycles. The van der Waals surface area contributed by atoms with Gasteiger partial charge in [0.15, 0.2) is 5.16 Å². The van der Waals surface area contributed by atoms with E-state index in [9.17, 15) is 14.0 Å². The number of halogens is 1. The maximum absolute atomic E-state index is 12.9. The first-order chi connectivity index (χ1) is 13.0. The topological polar surface area (TPSA) is 88.9 Å². The number of nitrogens with zero attached hydrogens (tertiary/aromatic N) is 3. The fraction of sp³-hybridized carbons (Fsp3) is 0.111. The Morgan fingerprint density at radius 2 is 1.89 bits per heavy atom. The molecule has 2 amide bonds. The first-order valence-corrected chi connectivity index (χ1v) is 8.96. The van der Waals surface area contributed by atoms with E-state index in [0.717, 1.165) is 5.69 Å². The highest BCUT2D eigenvalue weighted by molar-refractivity contribution is 7.99. The van der Waals surface area contributed by atoms with Gasteiger partial charge in [0.05, 0.1) is 11.4 Å². The normalized spacial score (nSPS) is 10.4. The fourth-order valence-corrected chi connectivity index (χ4v) is 3.03. The molecule has 0 bridgehead atoms. The number of thioether (sulfide) groups is 1. The van der Waals surface area contributed by atoms with Crippen molar-refractivity contribution in [3.8, 4) is 5.69 Å². The van der Waals surface area contributed by atoms with Crippen LogP contribution in [-0.4, -0.2) is 32.3 Å². The van der Waals surface area contributed by atoms with E-state index in [-0.39, 0.29) is 23.4 Å². The van der Waals surface area contributed by atoms with Crippen molar-refractivity contribution in [2.45, 2.75) is 12.1 Å². The molecule has 27 heavy (non-hydrogen) atoms. The third-order valence-corrected chi connectivity index (χ3v) is 4.36. The Morgan fingerprint density at radius 3 is 2.63 bits per heavy atom. The number of benzene rings is 2. The van der Waals surface area contributed by atoms with E-state index in [4.69, 9.17) is 0 Å². The summed E-state index contributed by atoms with van der Waals surface area (Å²) in [7, 11) is 0. The Hall–Kier alpha value is -3.20. The largest absolute Gasteiger partial charge is 0.326 e. The third-order valence-electron chi connectivity index (χ3n) is 3.42. The van der Waals surface area contributed by atoms with Crippen LogP contribution in [0, 0.1) is 5.82 Å². The molecular formula is C18H16FN5O2S. The molecule has 2 aromatic carbocycles. The van der Waals surface area contributed by atoms with Gasteiger partial charge >= 0.3 is 0 Å². The predicted molar refractivity (Wildman–Crippen MR) is 101 cm³/mol. The van der Waals surface area contributed by atoms with Crippen LogP contribution < -0.4 is 10.6 Å². The summed E-state index contributed by atoms with van der Waals surface area (Å²) in [4.78, 5) is 23.3. The second-order valence-corrected chi connectivity index (χ2v) is 6.50. The minimum Gasteiger partial charge on any atom is -0.326 e. The first kappa shape index (κ1) is 18.6. The number of hydrogen-bond acceptors (Lipinski definition) is 5. The second kappa shape index (κ2) is 8.45. The molecule has 0 spiro atoms. The minimum absolute atomic E-state index is 0.113. The Labute approximate surface area is 159 Å². The molecule has 0 atom stereocenters. The van der Waals surface area contributed by atoms with Crippen LogP contribution in [0.25, 0.3) is 5.69 Å². The van der Waals surface area contributed by atoms with Crippen LogP contribution >= 0.6 is 11.8 Å². The van der Waals surface area contributed by atoms with Crippen molar-refractivity contribution in [1.82, 2.24) is 14.8 Å². The molecule has 3 rings (SSSR count). The molecular weight excluding hydrogens is 369 g/mol. The monoisotopic (exact) mass is 385 g/mol. The van der Waals surface area contributed by atoms with E-state index in [2.05, 4.69) is 20.8 Å². The van der Waals surface area contributed by atoms with Gasteiger partial charge in [-0.2, -0.15) is 0 Å². The van der Waals surface area contributed by atoms with Crippen LogP contribution in [0.4, 0.5) is 15.8 Å². The number of carbonyl (C=O) groups excluding carboxylic acids is 2. The molecule has 0 radical (unpaired) electrons. The van der Waals surface area contributed by atoms with Crippen molar-refractivity contribution in [2.24, 2.45) is 0 Å². The third kappa shape index (κ3) is 5.14. The zero-order chi connectivity index (χ0) is 19.2. The van der Waals surface area contributed by atoms with Crippen LogP contribution in [0.5, 0.6) is 0 Å². The number of rotatable bonds is 6. The van der Waals surface area contributed by atoms with Crippen molar-refractivity contribution in [2.75, 3.05) is 16.4 Å². The molecule has 0 unspecified atom stereocenters. The van der Waals surface area contributed by atoms with Crippen LogP contribution in [0.15, 0.2) is 60.0 Å². The van der Waals surface area contributed by atoms with Gasteiger partial charge in [-0.3, -0.25) is 14.2 Å². The van der Waals surface area contributed by atoms with E-state index >= 15 is 0 Å². The van der Waals surface area contributed by atoms with Crippen LogP contribution in [0.3, 0.4) is 0 Å². The average molecular weight is 385 g/mol. The van der Waals surface area contributed by atoms with Crippen LogP contribution in [0.1, 0.15) is 6.92 Å². The van der Waals surface area contributed by atoms with Crippen molar-refractivity contribution in [1.29, 1.82) is 0 Å². The summed E-state index contributed by atoms with van der Waals surface area (Å²) in [6, 6.07) is 12.8. The van der Waals surface area contributed by atoms with Crippen molar-refractivity contribution >= 4 is 35.0 Å². The Kier molecular flexibility index (Phi) is 5.82. The number of anilines is 2. The predicted octanol–water partition coefficient (Wildman–Crippen LogP) is 3.10. The average Bonchev–Trinajstić information content (AvgIpc) is 3.10. The van der Waals surface area contributed by atoms with Gasteiger partial charge in [-0.25, -0.2) is 4.39 Å². The van der Waals surface area contributed by atoms with Gasteiger partial charge < -0.3 is 10.6 Å². The van der Waals surface area contributed by atoms with E-state index in [1.165, 1.54) is 49.3 Å². The molecule has 0 aliphatic heterocycles. The summed E-state index contributed by atoms with van der Waals surface area (Å²) >= 11 is 1.21. The molecule has 0 saturated carbocycles. The highest BCUT2D eigenvalue weighted by Gasteiger charge is 2.11. The maximum Gasteiger partial charge on any atom is 0.234 e. The smallest absolute Gasteiger partial charge is 0.234 e. The molecule has 0 saturated heterocycles. The summed E-state index contributed by atoms with van der Waals surface area (Å²) in [5, 5.41) is 13.9. The Balaban J connectivity index is 1.66. The SMILES string of the molecule is CC(=O)Nc1cccc(-n2cnnc2SCC(=O)Nc2ccc(F)cc2)c1.